The zero-order valence-electron chi connectivity index (χ0n) is 10.9. The van der Waals surface area contributed by atoms with Crippen molar-refractivity contribution in [2.45, 2.75) is 26.8 Å². The van der Waals surface area contributed by atoms with Crippen LogP contribution in [0.5, 0.6) is 0 Å². The summed E-state index contributed by atoms with van der Waals surface area (Å²) in [5.74, 6) is 1.42. The fraction of sp³-hybridized carbons (Fsp3) is 0.643. The van der Waals surface area contributed by atoms with Crippen molar-refractivity contribution in [3.63, 3.8) is 0 Å². The first-order valence-corrected chi connectivity index (χ1v) is 6.52. The van der Waals surface area contributed by atoms with E-state index in [0.29, 0.717) is 5.92 Å². The second-order valence-corrected chi connectivity index (χ2v) is 5.37. The summed E-state index contributed by atoms with van der Waals surface area (Å²) >= 11 is 0. The van der Waals surface area contributed by atoms with Gasteiger partial charge in [-0.25, -0.2) is 0 Å². The lowest BCUT2D eigenvalue weighted by molar-refractivity contribution is 0.126. The molecule has 2 atom stereocenters. The maximum Gasteiger partial charge on any atom is 0.0313 e. The first kappa shape index (κ1) is 12.5. The molecule has 1 aromatic heterocycles. The van der Waals surface area contributed by atoms with Crippen molar-refractivity contribution in [3.05, 3.63) is 29.6 Å². The second-order valence-electron chi connectivity index (χ2n) is 5.37. The van der Waals surface area contributed by atoms with Gasteiger partial charge in [-0.1, -0.05) is 13.0 Å². The first-order valence-electron chi connectivity index (χ1n) is 6.52. The highest BCUT2D eigenvalue weighted by molar-refractivity contribution is 5.16. The molecule has 0 saturated carbocycles. The van der Waals surface area contributed by atoms with Crippen LogP contribution in [0.2, 0.25) is 0 Å². The Balaban J connectivity index is 1.95. The number of pyridine rings is 1. The fourth-order valence-corrected chi connectivity index (χ4v) is 2.64. The van der Waals surface area contributed by atoms with Gasteiger partial charge in [-0.05, 0) is 49.4 Å². The topological polar surface area (TPSA) is 42.2 Å². The van der Waals surface area contributed by atoms with Gasteiger partial charge in [0.1, 0.15) is 0 Å². The maximum atomic E-state index is 5.83. The normalized spacial score (nSPS) is 26.1. The van der Waals surface area contributed by atoms with E-state index in [0.717, 1.165) is 25.6 Å². The Hall–Kier alpha value is -0.930. The minimum atomic E-state index is 0.654. The number of piperidine rings is 1. The van der Waals surface area contributed by atoms with Gasteiger partial charge >= 0.3 is 0 Å². The third-order valence-electron chi connectivity index (χ3n) is 3.84. The lowest BCUT2D eigenvalue weighted by Gasteiger charge is -2.36. The van der Waals surface area contributed by atoms with Crippen LogP contribution in [0.1, 0.15) is 24.5 Å². The van der Waals surface area contributed by atoms with E-state index in [-0.39, 0.29) is 0 Å². The van der Waals surface area contributed by atoms with E-state index in [1.54, 1.807) is 0 Å². The molecule has 3 heteroatoms. The number of aromatic nitrogens is 1. The highest BCUT2D eigenvalue weighted by Gasteiger charge is 2.24. The number of aryl methyl sites for hydroxylation is 1. The Morgan fingerprint density at radius 2 is 2.29 bits per heavy atom. The van der Waals surface area contributed by atoms with Crippen LogP contribution in [-0.4, -0.2) is 29.5 Å². The molecule has 1 fully saturated rings. The maximum absolute atomic E-state index is 5.83. The van der Waals surface area contributed by atoms with Gasteiger partial charge in [0, 0.05) is 25.5 Å². The number of likely N-dealkylation sites (tertiary alicyclic amines) is 1. The van der Waals surface area contributed by atoms with E-state index in [1.807, 2.05) is 12.4 Å². The molecule has 2 heterocycles. The molecular weight excluding hydrogens is 210 g/mol. The van der Waals surface area contributed by atoms with E-state index < -0.39 is 0 Å². The summed E-state index contributed by atoms with van der Waals surface area (Å²) < 4.78 is 0. The molecule has 17 heavy (non-hydrogen) atoms. The van der Waals surface area contributed by atoms with Gasteiger partial charge in [0.25, 0.3) is 0 Å². The highest BCUT2D eigenvalue weighted by atomic mass is 15.1. The molecule has 0 aromatic carbocycles. The van der Waals surface area contributed by atoms with Gasteiger partial charge < -0.3 is 5.73 Å². The van der Waals surface area contributed by atoms with Crippen molar-refractivity contribution < 1.29 is 0 Å². The predicted molar refractivity (Wildman–Crippen MR) is 70.6 cm³/mol. The molecule has 94 valence electrons. The molecule has 0 spiro atoms. The minimum Gasteiger partial charge on any atom is -0.330 e. The lowest BCUT2D eigenvalue weighted by Crippen LogP contribution is -2.42. The van der Waals surface area contributed by atoms with Crippen LogP contribution in [0.15, 0.2) is 18.5 Å². The van der Waals surface area contributed by atoms with Crippen LogP contribution in [-0.2, 0) is 6.54 Å². The Morgan fingerprint density at radius 1 is 1.47 bits per heavy atom. The lowest BCUT2D eigenvalue weighted by atomic mass is 9.87. The summed E-state index contributed by atoms with van der Waals surface area (Å²) in [4.78, 5) is 6.76. The fourth-order valence-electron chi connectivity index (χ4n) is 2.64. The van der Waals surface area contributed by atoms with Crippen LogP contribution in [0, 0.1) is 18.8 Å². The van der Waals surface area contributed by atoms with Gasteiger partial charge in [0.15, 0.2) is 0 Å². The van der Waals surface area contributed by atoms with Crippen molar-refractivity contribution in [2.24, 2.45) is 17.6 Å². The largest absolute Gasteiger partial charge is 0.330 e. The quantitative estimate of drug-likeness (QED) is 0.865. The van der Waals surface area contributed by atoms with Crippen molar-refractivity contribution in [2.75, 3.05) is 19.6 Å². The smallest absolute Gasteiger partial charge is 0.0313 e. The van der Waals surface area contributed by atoms with Crippen molar-refractivity contribution in [3.8, 4) is 0 Å². The number of nitrogens with two attached hydrogens (primary N) is 1. The molecule has 1 aromatic rings. The summed E-state index contributed by atoms with van der Waals surface area (Å²) in [6.07, 6.45) is 5.15. The Kier molecular flexibility index (Phi) is 4.13. The summed E-state index contributed by atoms with van der Waals surface area (Å²) in [5, 5.41) is 0. The summed E-state index contributed by atoms with van der Waals surface area (Å²) in [7, 11) is 0. The van der Waals surface area contributed by atoms with Gasteiger partial charge in [-0.3, -0.25) is 9.88 Å². The molecule has 1 saturated heterocycles. The average Bonchev–Trinajstić information content (AvgIpc) is 2.32. The molecular formula is C14H23N3. The van der Waals surface area contributed by atoms with Crippen LogP contribution in [0.4, 0.5) is 0 Å². The Labute approximate surface area is 104 Å². The minimum absolute atomic E-state index is 0.654. The van der Waals surface area contributed by atoms with Crippen molar-refractivity contribution in [1.82, 2.24) is 9.88 Å². The third-order valence-corrected chi connectivity index (χ3v) is 3.84. The van der Waals surface area contributed by atoms with Gasteiger partial charge in [-0.2, -0.15) is 0 Å². The molecule has 0 bridgehead atoms. The van der Waals surface area contributed by atoms with Gasteiger partial charge in [-0.15, -0.1) is 0 Å². The van der Waals surface area contributed by atoms with Crippen LogP contribution < -0.4 is 5.73 Å². The second kappa shape index (κ2) is 5.61. The molecule has 1 aliphatic rings. The first-order chi connectivity index (χ1) is 8.19. The standard InChI is InChI=1S/C14H23N3/c1-11-5-13(8-16-7-11)9-17-4-3-12(2)14(6-15)10-17/h5,7-8,12,14H,3-4,6,9-10,15H2,1-2H3. The molecule has 3 nitrogen and oxygen atoms in total. The van der Waals surface area contributed by atoms with E-state index in [1.165, 1.54) is 24.1 Å². The molecule has 0 amide bonds. The third kappa shape index (κ3) is 3.27. The zero-order chi connectivity index (χ0) is 12.3. The Bertz CT molecular complexity index is 364. The summed E-state index contributed by atoms with van der Waals surface area (Å²) in [6, 6.07) is 2.22. The highest BCUT2D eigenvalue weighted by Crippen LogP contribution is 2.23. The number of rotatable bonds is 3. The average molecular weight is 233 g/mol. The molecule has 0 radical (unpaired) electrons. The van der Waals surface area contributed by atoms with E-state index in [4.69, 9.17) is 5.73 Å². The molecule has 0 aliphatic carbocycles. The van der Waals surface area contributed by atoms with Crippen LogP contribution >= 0.6 is 0 Å². The van der Waals surface area contributed by atoms with Crippen molar-refractivity contribution >= 4 is 0 Å². The Morgan fingerprint density at radius 3 is 3.00 bits per heavy atom. The number of hydrogen-bond donors (Lipinski definition) is 1. The summed E-state index contributed by atoms with van der Waals surface area (Å²) in [6.45, 7) is 8.55. The molecule has 2 unspecified atom stereocenters. The zero-order valence-corrected chi connectivity index (χ0v) is 10.9. The summed E-state index contributed by atoms with van der Waals surface area (Å²) in [5.41, 5.74) is 8.39. The SMILES string of the molecule is Cc1cncc(CN2CCC(C)C(CN)C2)c1. The molecule has 1 aliphatic heterocycles. The van der Waals surface area contributed by atoms with E-state index >= 15 is 0 Å². The predicted octanol–water partition coefficient (Wildman–Crippen LogP) is 1.81. The van der Waals surface area contributed by atoms with E-state index in [9.17, 15) is 0 Å². The number of hydrogen-bond acceptors (Lipinski definition) is 3. The monoisotopic (exact) mass is 233 g/mol. The van der Waals surface area contributed by atoms with Gasteiger partial charge in [0.05, 0.1) is 0 Å². The molecule has 2 rings (SSSR count). The van der Waals surface area contributed by atoms with Gasteiger partial charge in [0.2, 0.25) is 0 Å². The van der Waals surface area contributed by atoms with Crippen LogP contribution in [0.25, 0.3) is 0 Å². The van der Waals surface area contributed by atoms with Crippen LogP contribution in [0.3, 0.4) is 0 Å². The molecule has 2 N–H and O–H groups in total. The number of nitrogens with zero attached hydrogens (tertiary/aromatic N) is 2. The van der Waals surface area contributed by atoms with Crippen molar-refractivity contribution in [1.29, 1.82) is 0 Å². The van der Waals surface area contributed by atoms with E-state index in [2.05, 4.69) is 29.8 Å².